The van der Waals surface area contributed by atoms with Crippen LogP contribution < -0.4 is 4.90 Å². The number of carbonyl (C=O) groups is 2. The van der Waals surface area contributed by atoms with E-state index in [4.69, 9.17) is 0 Å². The number of aliphatic hydroxyl groups is 1. The number of rotatable bonds is 3. The Balaban J connectivity index is 1.73. The van der Waals surface area contributed by atoms with Gasteiger partial charge < -0.3 is 10.2 Å². The highest BCUT2D eigenvalue weighted by Crippen LogP contribution is 2.44. The van der Waals surface area contributed by atoms with E-state index in [-0.39, 0.29) is 32.4 Å². The summed E-state index contributed by atoms with van der Waals surface area (Å²) in [5, 5.41) is 20.8. The fraction of sp³-hybridized carbons (Fsp3) is 0.0417. The van der Waals surface area contributed by atoms with Crippen LogP contribution in [0.3, 0.4) is 0 Å². The summed E-state index contributed by atoms with van der Waals surface area (Å²) in [4.78, 5) is 31.6. The van der Waals surface area contributed by atoms with Crippen molar-refractivity contribution >= 4 is 60.1 Å². The monoisotopic (exact) mass is 542 g/mol. The van der Waals surface area contributed by atoms with Crippen molar-refractivity contribution in [3.63, 3.8) is 0 Å². The van der Waals surface area contributed by atoms with Gasteiger partial charge in [-0.05, 0) is 35.9 Å². The first-order valence-corrected chi connectivity index (χ1v) is 11.5. The Morgan fingerprint density at radius 3 is 2.32 bits per heavy atom. The number of carbonyl (C=O) groups excluding carboxylic acids is 2. The third-order valence-electron chi connectivity index (χ3n) is 5.40. The van der Waals surface area contributed by atoms with Crippen molar-refractivity contribution in [2.24, 2.45) is 0 Å². The molecule has 1 aliphatic rings. The van der Waals surface area contributed by atoms with Gasteiger partial charge in [-0.3, -0.25) is 14.5 Å². The molecule has 0 aliphatic carbocycles. The van der Waals surface area contributed by atoms with Crippen LogP contribution >= 0.6 is 27.3 Å². The lowest BCUT2D eigenvalue weighted by atomic mass is 9.95. The summed E-state index contributed by atoms with van der Waals surface area (Å²) in [5.41, 5.74) is 0.693. The largest absolute Gasteiger partial charge is 0.508 e. The first kappa shape index (κ1) is 22.2. The molecule has 5 rings (SSSR count). The first-order valence-electron chi connectivity index (χ1n) is 9.86. The third-order valence-corrected chi connectivity index (χ3v) is 6.94. The Bertz CT molecular complexity index is 1460. The summed E-state index contributed by atoms with van der Waals surface area (Å²) in [6, 6.07) is 13.1. The third kappa shape index (κ3) is 3.64. The van der Waals surface area contributed by atoms with Gasteiger partial charge in [-0.2, -0.15) is 0 Å². The second-order valence-electron chi connectivity index (χ2n) is 7.50. The van der Waals surface area contributed by atoms with E-state index >= 15 is 0 Å². The molecule has 0 spiro atoms. The molecule has 2 N–H and O–H groups in total. The highest BCUT2D eigenvalue weighted by Gasteiger charge is 2.48. The lowest BCUT2D eigenvalue weighted by molar-refractivity contribution is -0.132. The molecular formula is C24H13BrF2N2O4S. The number of aliphatic hydroxyl groups excluding tert-OH is 1. The lowest BCUT2D eigenvalue weighted by Gasteiger charge is -2.23. The fourth-order valence-electron chi connectivity index (χ4n) is 3.78. The van der Waals surface area contributed by atoms with Gasteiger partial charge in [0.15, 0.2) is 16.8 Å². The van der Waals surface area contributed by atoms with Crippen LogP contribution in [0, 0.1) is 11.6 Å². The van der Waals surface area contributed by atoms with E-state index in [1.54, 1.807) is 24.3 Å². The second-order valence-corrected chi connectivity index (χ2v) is 9.42. The summed E-state index contributed by atoms with van der Waals surface area (Å²) in [6.45, 7) is 0. The standard InChI is InChI=1S/C24H13BrF2N2O4S/c25-13-5-1-12(2-6-13)21(31)19-20(11-3-7-14(30)8-4-11)29(23(33)22(19)32)24-28-17-9-15(26)16(27)10-18(17)34-24/h1-10,20,30-31H/b21-19+. The highest BCUT2D eigenvalue weighted by molar-refractivity contribution is 9.10. The molecule has 0 saturated carbocycles. The molecule has 1 atom stereocenters. The molecule has 1 fully saturated rings. The van der Waals surface area contributed by atoms with Crippen LogP contribution in [-0.2, 0) is 9.59 Å². The van der Waals surface area contributed by atoms with Crippen LogP contribution in [0.1, 0.15) is 17.2 Å². The Morgan fingerprint density at radius 2 is 1.65 bits per heavy atom. The quantitative estimate of drug-likeness (QED) is 0.198. The molecule has 170 valence electrons. The number of nitrogens with zero attached hydrogens (tertiary/aromatic N) is 2. The minimum atomic E-state index is -1.09. The van der Waals surface area contributed by atoms with Crippen LogP contribution in [0.2, 0.25) is 0 Å². The predicted molar refractivity (Wildman–Crippen MR) is 127 cm³/mol. The van der Waals surface area contributed by atoms with Crippen LogP contribution in [-0.4, -0.2) is 26.9 Å². The number of halogens is 3. The van der Waals surface area contributed by atoms with Gasteiger partial charge in [0.1, 0.15) is 11.5 Å². The number of amides is 1. The molecule has 1 aromatic heterocycles. The number of benzene rings is 3. The van der Waals surface area contributed by atoms with Gasteiger partial charge in [-0.15, -0.1) is 0 Å². The van der Waals surface area contributed by atoms with Crippen molar-refractivity contribution in [1.29, 1.82) is 0 Å². The second kappa shape index (κ2) is 8.30. The van der Waals surface area contributed by atoms with Crippen LogP contribution in [0.4, 0.5) is 13.9 Å². The van der Waals surface area contributed by atoms with Crippen LogP contribution in [0.25, 0.3) is 16.0 Å². The zero-order valence-corrected chi connectivity index (χ0v) is 19.4. The fourth-order valence-corrected chi connectivity index (χ4v) is 5.04. The van der Waals surface area contributed by atoms with Crippen molar-refractivity contribution in [2.45, 2.75) is 6.04 Å². The average Bonchev–Trinajstić information content (AvgIpc) is 3.32. The minimum absolute atomic E-state index is 0.0282. The number of aromatic hydroxyl groups is 1. The number of fused-ring (bicyclic) bond motifs is 1. The number of ketones is 1. The Kier molecular flexibility index (Phi) is 5.41. The zero-order valence-electron chi connectivity index (χ0n) is 17.0. The summed E-state index contributed by atoms with van der Waals surface area (Å²) in [5.74, 6) is -4.44. The summed E-state index contributed by atoms with van der Waals surface area (Å²) in [7, 11) is 0. The van der Waals surface area contributed by atoms with E-state index in [0.717, 1.165) is 32.8 Å². The number of hydrogen-bond donors (Lipinski definition) is 2. The van der Waals surface area contributed by atoms with Crippen molar-refractivity contribution in [1.82, 2.24) is 4.98 Å². The molecule has 1 aliphatic heterocycles. The maximum absolute atomic E-state index is 13.7. The summed E-state index contributed by atoms with van der Waals surface area (Å²) in [6.07, 6.45) is 0. The Labute approximate surface area is 203 Å². The molecule has 6 nitrogen and oxygen atoms in total. The molecule has 3 aromatic carbocycles. The van der Waals surface area contributed by atoms with Gasteiger partial charge in [-0.1, -0.05) is 51.5 Å². The molecule has 0 radical (unpaired) electrons. The number of hydrogen-bond acceptors (Lipinski definition) is 6. The number of phenols is 1. The molecule has 34 heavy (non-hydrogen) atoms. The zero-order chi connectivity index (χ0) is 24.1. The predicted octanol–water partition coefficient (Wildman–Crippen LogP) is 5.67. The van der Waals surface area contributed by atoms with E-state index in [0.29, 0.717) is 11.1 Å². The topological polar surface area (TPSA) is 90.7 Å². The van der Waals surface area contributed by atoms with Crippen molar-refractivity contribution < 1.29 is 28.6 Å². The van der Waals surface area contributed by atoms with Gasteiger partial charge in [0.05, 0.1) is 21.8 Å². The van der Waals surface area contributed by atoms with E-state index < -0.39 is 29.4 Å². The van der Waals surface area contributed by atoms with E-state index in [2.05, 4.69) is 20.9 Å². The number of anilines is 1. The van der Waals surface area contributed by atoms with E-state index in [1.807, 2.05) is 0 Å². The normalized spacial score (nSPS) is 17.6. The Hall–Kier alpha value is -3.63. The molecule has 2 heterocycles. The van der Waals surface area contributed by atoms with Crippen LogP contribution in [0.15, 0.2) is 70.7 Å². The van der Waals surface area contributed by atoms with E-state index in [1.165, 1.54) is 24.3 Å². The van der Waals surface area contributed by atoms with Crippen molar-refractivity contribution in [2.75, 3.05) is 4.90 Å². The van der Waals surface area contributed by atoms with Gasteiger partial charge >= 0.3 is 5.91 Å². The number of thiazole rings is 1. The number of Topliss-reactive ketones (excluding diaryl/α,β-unsaturated/α-hetero) is 1. The van der Waals surface area contributed by atoms with Crippen molar-refractivity contribution in [3.8, 4) is 5.75 Å². The molecule has 1 unspecified atom stereocenters. The minimum Gasteiger partial charge on any atom is -0.508 e. The SMILES string of the molecule is O=C1C(=O)N(c2nc3cc(F)c(F)cc3s2)C(c2ccc(O)cc2)/C1=C(\O)c1ccc(Br)cc1. The molecule has 0 bridgehead atoms. The average molecular weight is 543 g/mol. The first-order chi connectivity index (χ1) is 16.2. The van der Waals surface area contributed by atoms with Crippen molar-refractivity contribution in [3.05, 3.63) is 93.5 Å². The maximum Gasteiger partial charge on any atom is 0.301 e. The summed E-state index contributed by atoms with van der Waals surface area (Å²) >= 11 is 4.22. The number of aromatic nitrogens is 1. The molecule has 1 amide bonds. The van der Waals surface area contributed by atoms with Gasteiger partial charge in [-0.25, -0.2) is 13.8 Å². The molecule has 1 saturated heterocycles. The van der Waals surface area contributed by atoms with Gasteiger partial charge in [0, 0.05) is 16.1 Å². The van der Waals surface area contributed by atoms with Gasteiger partial charge in [0.2, 0.25) is 0 Å². The van der Waals surface area contributed by atoms with Gasteiger partial charge in [0.25, 0.3) is 5.78 Å². The smallest absolute Gasteiger partial charge is 0.301 e. The lowest BCUT2D eigenvalue weighted by Crippen LogP contribution is -2.29. The highest BCUT2D eigenvalue weighted by atomic mass is 79.9. The Morgan fingerprint density at radius 1 is 1.00 bits per heavy atom. The molecule has 10 heteroatoms. The summed E-state index contributed by atoms with van der Waals surface area (Å²) < 4.78 is 28.5. The molecule has 4 aromatic rings. The number of phenolic OH excluding ortho intramolecular Hbond substituents is 1. The molecular weight excluding hydrogens is 530 g/mol. The van der Waals surface area contributed by atoms with E-state index in [9.17, 15) is 28.6 Å². The van der Waals surface area contributed by atoms with Crippen LogP contribution in [0.5, 0.6) is 5.75 Å². The maximum atomic E-state index is 13.7.